The van der Waals surface area contributed by atoms with Gasteiger partial charge in [-0.05, 0) is 42.3 Å². The molecule has 128 valence electrons. The molecule has 5 heteroatoms. The molecule has 0 radical (unpaired) electrons. The summed E-state index contributed by atoms with van der Waals surface area (Å²) < 4.78 is 16.4. The van der Waals surface area contributed by atoms with Crippen LogP contribution in [0.25, 0.3) is 10.8 Å². The average molecular weight is 346 g/mol. The maximum absolute atomic E-state index is 12.0. The molecule has 4 nitrogen and oxygen atoms in total. The van der Waals surface area contributed by atoms with Crippen molar-refractivity contribution in [2.24, 2.45) is 0 Å². The third-order valence-corrected chi connectivity index (χ3v) is 5.05. The van der Waals surface area contributed by atoms with Crippen LogP contribution in [0.2, 0.25) is 0 Å². The molecule has 24 heavy (non-hydrogen) atoms. The van der Waals surface area contributed by atoms with Gasteiger partial charge in [-0.15, -0.1) is 0 Å². The van der Waals surface area contributed by atoms with E-state index < -0.39 is 8.38 Å². The van der Waals surface area contributed by atoms with E-state index in [2.05, 4.69) is 24.8 Å². The molecule has 2 aromatic carbocycles. The molecule has 2 rings (SSSR count). The Morgan fingerprint density at radius 2 is 1.79 bits per heavy atom. The predicted molar refractivity (Wildman–Crippen MR) is 98.3 cm³/mol. The van der Waals surface area contributed by atoms with Crippen LogP contribution in [-0.2, 0) is 19.9 Å². The van der Waals surface area contributed by atoms with Gasteiger partial charge < -0.3 is 13.8 Å². The van der Waals surface area contributed by atoms with Crippen LogP contribution < -0.4 is 0 Å². The molecule has 0 amide bonds. The summed E-state index contributed by atoms with van der Waals surface area (Å²) in [5.74, 6) is -0.340. The smallest absolute Gasteiger partial charge is 0.338 e. The molecular formula is C19H23O4P. The van der Waals surface area contributed by atoms with Gasteiger partial charge in [0.15, 0.2) is 8.38 Å². The molecule has 0 aliphatic carbocycles. The zero-order valence-electron chi connectivity index (χ0n) is 14.2. The van der Waals surface area contributed by atoms with Crippen LogP contribution in [0.5, 0.6) is 0 Å². The Morgan fingerprint density at radius 3 is 2.46 bits per heavy atom. The van der Waals surface area contributed by atoms with E-state index in [-0.39, 0.29) is 12.6 Å². The Bertz CT molecular complexity index is 693. The quantitative estimate of drug-likeness (QED) is 0.361. The highest BCUT2D eigenvalue weighted by Gasteiger charge is 2.12. The lowest BCUT2D eigenvalue weighted by molar-refractivity contribution is 0.0550. The van der Waals surface area contributed by atoms with Gasteiger partial charge in [0.2, 0.25) is 0 Å². The molecular weight excluding hydrogens is 323 g/mol. The van der Waals surface area contributed by atoms with E-state index in [1.807, 2.05) is 26.0 Å². The minimum absolute atomic E-state index is 0.212. The molecule has 0 spiro atoms. The molecule has 0 unspecified atom stereocenters. The Hall–Kier alpha value is -1.74. The van der Waals surface area contributed by atoms with Crippen LogP contribution in [0.3, 0.4) is 0 Å². The minimum atomic E-state index is -0.923. The van der Waals surface area contributed by atoms with E-state index in [1.54, 1.807) is 12.1 Å². The normalized spacial score (nSPS) is 11.0. The van der Waals surface area contributed by atoms with Crippen molar-refractivity contribution in [3.63, 3.8) is 0 Å². The molecule has 0 fully saturated rings. The first-order chi connectivity index (χ1) is 11.7. The number of esters is 1. The third-order valence-electron chi connectivity index (χ3n) is 3.33. The summed E-state index contributed by atoms with van der Waals surface area (Å²) >= 11 is 0. The monoisotopic (exact) mass is 346 g/mol. The number of rotatable bonds is 9. The molecule has 0 aromatic heterocycles. The highest BCUT2D eigenvalue weighted by Crippen LogP contribution is 2.42. The lowest BCUT2D eigenvalue weighted by atomic mass is 10.0. The molecule has 0 N–H and O–H groups in total. The summed E-state index contributed by atoms with van der Waals surface area (Å²) in [5.41, 5.74) is 1.67. The molecule has 0 saturated heterocycles. The topological polar surface area (TPSA) is 44.8 Å². The fourth-order valence-corrected chi connectivity index (χ4v) is 3.63. The van der Waals surface area contributed by atoms with Gasteiger partial charge in [0.05, 0.1) is 18.8 Å². The lowest BCUT2D eigenvalue weighted by Gasteiger charge is -2.16. The Kier molecular flexibility index (Phi) is 7.38. The van der Waals surface area contributed by atoms with Crippen LogP contribution in [0.1, 0.15) is 29.8 Å². The first kappa shape index (κ1) is 18.6. The number of hydrogen-bond acceptors (Lipinski definition) is 4. The zero-order valence-corrected chi connectivity index (χ0v) is 15.1. The van der Waals surface area contributed by atoms with Gasteiger partial charge in [-0.3, -0.25) is 0 Å². The summed E-state index contributed by atoms with van der Waals surface area (Å²) in [7, 11) is -0.923. The van der Waals surface area contributed by atoms with Crippen molar-refractivity contribution in [3.8, 4) is 0 Å². The Morgan fingerprint density at radius 1 is 1.08 bits per heavy atom. The van der Waals surface area contributed by atoms with Crippen molar-refractivity contribution in [1.29, 1.82) is 0 Å². The second-order valence-corrected chi connectivity index (χ2v) is 6.61. The fourth-order valence-electron chi connectivity index (χ4n) is 2.31. The molecule has 2 aromatic rings. The molecule has 0 heterocycles. The van der Waals surface area contributed by atoms with Crippen molar-refractivity contribution in [1.82, 2.24) is 0 Å². The Labute approximate surface area is 144 Å². The maximum atomic E-state index is 12.0. The summed E-state index contributed by atoms with van der Waals surface area (Å²) in [5, 5.41) is 2.08. The van der Waals surface area contributed by atoms with Crippen LogP contribution in [0, 0.1) is 0 Å². The summed E-state index contributed by atoms with van der Waals surface area (Å²) in [4.78, 5) is 12.0. The van der Waals surface area contributed by atoms with Gasteiger partial charge >= 0.3 is 5.97 Å². The minimum Gasteiger partial charge on any atom is -0.458 e. The van der Waals surface area contributed by atoms with Crippen LogP contribution in [-0.4, -0.2) is 25.8 Å². The Balaban J connectivity index is 2.21. The van der Waals surface area contributed by atoms with Crippen molar-refractivity contribution in [2.75, 3.05) is 19.8 Å². The largest absolute Gasteiger partial charge is 0.458 e. The lowest BCUT2D eigenvalue weighted by Crippen LogP contribution is -2.04. The van der Waals surface area contributed by atoms with Gasteiger partial charge in [-0.25, -0.2) is 4.79 Å². The molecule has 0 aliphatic heterocycles. The summed E-state index contributed by atoms with van der Waals surface area (Å²) in [6, 6.07) is 11.8. The van der Waals surface area contributed by atoms with Crippen LogP contribution in [0.15, 0.2) is 49.1 Å². The zero-order chi connectivity index (χ0) is 17.4. The fraction of sp³-hybridized carbons (Fsp3) is 0.316. The number of hydrogen-bond donors (Lipinski definition) is 0. The number of fused-ring (bicyclic) bond motifs is 1. The van der Waals surface area contributed by atoms with Gasteiger partial charge in [0.1, 0.15) is 6.61 Å². The highest BCUT2D eigenvalue weighted by molar-refractivity contribution is 7.46. The van der Waals surface area contributed by atoms with Gasteiger partial charge in [0.25, 0.3) is 0 Å². The molecule has 0 aliphatic rings. The number of carbonyl (C=O) groups excluding carboxylic acids is 1. The van der Waals surface area contributed by atoms with E-state index in [1.165, 1.54) is 0 Å². The second kappa shape index (κ2) is 9.53. The van der Waals surface area contributed by atoms with Gasteiger partial charge in [0, 0.05) is 6.16 Å². The summed E-state index contributed by atoms with van der Waals surface area (Å²) in [6.45, 7) is 8.97. The van der Waals surface area contributed by atoms with E-state index in [0.29, 0.717) is 18.8 Å². The van der Waals surface area contributed by atoms with E-state index in [4.69, 9.17) is 13.8 Å². The third kappa shape index (κ3) is 5.13. The SMILES string of the molecule is C=CCOC(=O)c1ccc2ccc(CP(OCC)OCC)cc2c1. The first-order valence-corrected chi connectivity index (χ1v) is 9.38. The molecule has 0 bridgehead atoms. The van der Waals surface area contributed by atoms with E-state index >= 15 is 0 Å². The second-order valence-electron chi connectivity index (χ2n) is 5.11. The molecule has 0 atom stereocenters. The van der Waals surface area contributed by atoms with Crippen molar-refractivity contribution >= 4 is 25.1 Å². The first-order valence-electron chi connectivity index (χ1n) is 8.02. The van der Waals surface area contributed by atoms with Crippen LogP contribution in [0.4, 0.5) is 0 Å². The van der Waals surface area contributed by atoms with Crippen molar-refractivity contribution in [3.05, 3.63) is 60.2 Å². The standard InChI is InChI=1S/C19H23O4P/c1-4-11-21-19(20)17-10-9-16-8-7-15(12-18(16)13-17)14-24(22-5-2)23-6-3/h4,7-10,12-13H,1,5-6,11,14H2,2-3H3. The average Bonchev–Trinajstić information content (AvgIpc) is 2.59. The van der Waals surface area contributed by atoms with Crippen molar-refractivity contribution in [2.45, 2.75) is 20.0 Å². The van der Waals surface area contributed by atoms with Gasteiger partial charge in [-0.2, -0.15) is 0 Å². The highest BCUT2D eigenvalue weighted by atomic mass is 31.2. The van der Waals surface area contributed by atoms with Crippen LogP contribution >= 0.6 is 8.38 Å². The van der Waals surface area contributed by atoms with Gasteiger partial charge in [-0.1, -0.05) is 36.9 Å². The van der Waals surface area contributed by atoms with E-state index in [9.17, 15) is 4.79 Å². The summed E-state index contributed by atoms with van der Waals surface area (Å²) in [6.07, 6.45) is 2.29. The number of ether oxygens (including phenoxy) is 1. The maximum Gasteiger partial charge on any atom is 0.338 e. The predicted octanol–water partition coefficient (Wildman–Crippen LogP) is 5.07. The van der Waals surface area contributed by atoms with Crippen molar-refractivity contribution < 1.29 is 18.6 Å². The van der Waals surface area contributed by atoms with E-state index in [0.717, 1.165) is 22.5 Å². The number of benzene rings is 2. The number of carbonyl (C=O) groups is 1. The molecule has 0 saturated carbocycles.